The number of amides is 2. The first-order chi connectivity index (χ1) is 16.3. The van der Waals surface area contributed by atoms with E-state index >= 15 is 0 Å². The number of carbonyl (C=O) groups excluding carboxylic acids is 3. The maximum atomic E-state index is 13.0. The highest BCUT2D eigenvalue weighted by molar-refractivity contribution is 5.84. The fraction of sp³-hybridized carbons (Fsp3) is 0.542. The van der Waals surface area contributed by atoms with Gasteiger partial charge in [0.25, 0.3) is 0 Å². The molecule has 0 aliphatic heterocycles. The van der Waals surface area contributed by atoms with Gasteiger partial charge in [-0.2, -0.15) is 0 Å². The van der Waals surface area contributed by atoms with Gasteiger partial charge in [0.1, 0.15) is 11.7 Å². The second kappa shape index (κ2) is 11.1. The Hall–Kier alpha value is -3.43. The summed E-state index contributed by atoms with van der Waals surface area (Å²) in [7, 11) is 0. The van der Waals surface area contributed by atoms with Crippen LogP contribution in [0.3, 0.4) is 0 Å². The Morgan fingerprint density at radius 1 is 1.18 bits per heavy atom. The predicted octanol–water partition coefficient (Wildman–Crippen LogP) is 2.06. The van der Waals surface area contributed by atoms with E-state index in [0.717, 1.165) is 24.3 Å². The second-order valence-corrected chi connectivity index (χ2v) is 8.54. The van der Waals surface area contributed by atoms with Gasteiger partial charge in [-0.3, -0.25) is 14.4 Å². The Morgan fingerprint density at radius 2 is 1.85 bits per heavy atom. The van der Waals surface area contributed by atoms with Crippen molar-refractivity contribution in [1.82, 2.24) is 20.3 Å². The van der Waals surface area contributed by atoms with Crippen molar-refractivity contribution in [2.24, 2.45) is 11.1 Å². The van der Waals surface area contributed by atoms with Crippen LogP contribution in [0.5, 0.6) is 0 Å². The number of hydrogen-bond acceptors (Lipinski definition) is 7. The summed E-state index contributed by atoms with van der Waals surface area (Å²) in [6.45, 7) is 8.29. The number of nitrogens with zero attached hydrogens (tertiary/aromatic N) is 4. The molecular formula is C24H34N6O4. The van der Waals surface area contributed by atoms with Gasteiger partial charge in [0.05, 0.1) is 18.2 Å². The topological polar surface area (TPSA) is 132 Å². The minimum absolute atomic E-state index is 0.0227. The Kier molecular flexibility index (Phi) is 8.25. The number of rotatable bonds is 13. The molecule has 10 heteroatoms. The molecule has 1 heterocycles. The van der Waals surface area contributed by atoms with Crippen LogP contribution in [0.4, 0.5) is 5.69 Å². The monoisotopic (exact) mass is 470 g/mol. The third-order valence-electron chi connectivity index (χ3n) is 6.25. The van der Waals surface area contributed by atoms with Gasteiger partial charge in [0.15, 0.2) is 0 Å². The fourth-order valence-corrected chi connectivity index (χ4v) is 3.92. The number of esters is 1. The summed E-state index contributed by atoms with van der Waals surface area (Å²) in [6, 6.07) is 7.22. The van der Waals surface area contributed by atoms with Gasteiger partial charge in [0.2, 0.25) is 11.8 Å². The zero-order chi connectivity index (χ0) is 24.7. The zero-order valence-electron chi connectivity index (χ0n) is 20.1. The van der Waals surface area contributed by atoms with Crippen molar-refractivity contribution >= 4 is 23.5 Å². The summed E-state index contributed by atoms with van der Waals surface area (Å²) in [6.07, 6.45) is 3.24. The maximum absolute atomic E-state index is 13.0. The summed E-state index contributed by atoms with van der Waals surface area (Å²) in [5.41, 5.74) is 7.28. The van der Waals surface area contributed by atoms with E-state index in [1.807, 2.05) is 24.3 Å². The Morgan fingerprint density at radius 3 is 2.41 bits per heavy atom. The van der Waals surface area contributed by atoms with Crippen LogP contribution in [0.1, 0.15) is 52.5 Å². The maximum Gasteiger partial charge on any atom is 0.313 e. The summed E-state index contributed by atoms with van der Waals surface area (Å²) >= 11 is 0. The Labute approximate surface area is 199 Å². The van der Waals surface area contributed by atoms with Gasteiger partial charge in [-0.15, -0.1) is 5.10 Å². The van der Waals surface area contributed by atoms with Crippen molar-refractivity contribution in [1.29, 1.82) is 0 Å². The summed E-state index contributed by atoms with van der Waals surface area (Å²) in [5, 5.41) is 11.2. The van der Waals surface area contributed by atoms with Crippen molar-refractivity contribution in [2.75, 3.05) is 31.1 Å². The quantitative estimate of drug-likeness (QED) is 0.428. The number of nitrogens with one attached hydrogen (secondary N) is 1. The normalized spacial score (nSPS) is 14.8. The van der Waals surface area contributed by atoms with Crippen LogP contribution in [0.25, 0.3) is 11.3 Å². The van der Waals surface area contributed by atoms with Crippen LogP contribution >= 0.6 is 0 Å². The largest absolute Gasteiger partial charge is 0.466 e. The van der Waals surface area contributed by atoms with Crippen LogP contribution in [-0.2, 0) is 19.1 Å². The van der Waals surface area contributed by atoms with Crippen LogP contribution in [0.15, 0.2) is 30.5 Å². The molecule has 3 N–H and O–H groups in total. The van der Waals surface area contributed by atoms with E-state index in [1.54, 1.807) is 13.1 Å². The highest BCUT2D eigenvalue weighted by atomic mass is 16.5. The number of primary amides is 1. The molecule has 2 amide bonds. The van der Waals surface area contributed by atoms with Crippen LogP contribution in [-0.4, -0.2) is 59.0 Å². The number of ether oxygens (including phenoxy) is 1. The lowest BCUT2D eigenvalue weighted by molar-refractivity contribution is -0.149. The van der Waals surface area contributed by atoms with Crippen LogP contribution < -0.4 is 16.0 Å². The van der Waals surface area contributed by atoms with E-state index in [0.29, 0.717) is 25.1 Å². The number of hydrogen-bond donors (Lipinski definition) is 2. The lowest BCUT2D eigenvalue weighted by Crippen LogP contribution is -2.39. The molecular weight excluding hydrogens is 436 g/mol. The van der Waals surface area contributed by atoms with Crippen LogP contribution in [0.2, 0.25) is 0 Å². The SMILES string of the molecule is CCOC(=O)C1(CNC(=O)C(CCC(N)=O)n2cc(-c3ccc(N(CC)CC)cc3)nn2)CC1. The third kappa shape index (κ3) is 5.92. The Balaban J connectivity index is 1.73. The predicted molar refractivity (Wildman–Crippen MR) is 128 cm³/mol. The second-order valence-electron chi connectivity index (χ2n) is 8.54. The van der Waals surface area contributed by atoms with Crippen molar-refractivity contribution in [2.45, 2.75) is 52.5 Å². The van der Waals surface area contributed by atoms with E-state index < -0.39 is 17.4 Å². The van der Waals surface area contributed by atoms with E-state index in [2.05, 4.69) is 34.4 Å². The smallest absolute Gasteiger partial charge is 0.313 e. The van der Waals surface area contributed by atoms with Gasteiger partial charge >= 0.3 is 5.97 Å². The molecule has 0 spiro atoms. The molecule has 1 saturated carbocycles. The van der Waals surface area contributed by atoms with E-state index in [9.17, 15) is 14.4 Å². The minimum Gasteiger partial charge on any atom is -0.466 e. The molecule has 1 fully saturated rings. The number of anilines is 1. The summed E-state index contributed by atoms with van der Waals surface area (Å²) in [5.74, 6) is -1.14. The standard InChI is InChI=1S/C24H34N6O4/c1-4-29(5-2)18-9-7-17(8-10-18)19-15-30(28-27-19)20(11-12-21(25)31)22(32)26-16-24(13-14-24)23(33)34-6-3/h7-10,15,20H,4-6,11-14,16H2,1-3H3,(H2,25,31)(H,26,32). The average molecular weight is 471 g/mol. The number of nitrogens with two attached hydrogens (primary N) is 1. The highest BCUT2D eigenvalue weighted by Crippen LogP contribution is 2.46. The van der Waals surface area contributed by atoms with E-state index in [4.69, 9.17) is 10.5 Å². The molecule has 1 aromatic heterocycles. The van der Waals surface area contributed by atoms with Crippen molar-refractivity contribution in [3.8, 4) is 11.3 Å². The van der Waals surface area contributed by atoms with Gasteiger partial charge in [-0.05, 0) is 52.2 Å². The lowest BCUT2D eigenvalue weighted by Gasteiger charge is -2.20. The minimum atomic E-state index is -0.776. The van der Waals surface area contributed by atoms with E-state index in [-0.39, 0.29) is 31.3 Å². The fourth-order valence-electron chi connectivity index (χ4n) is 3.92. The first-order valence-electron chi connectivity index (χ1n) is 11.8. The van der Waals surface area contributed by atoms with Crippen LogP contribution in [0, 0.1) is 5.41 Å². The molecule has 0 bridgehead atoms. The van der Waals surface area contributed by atoms with E-state index in [1.165, 1.54) is 4.68 Å². The molecule has 1 unspecified atom stereocenters. The van der Waals surface area contributed by atoms with Crippen molar-refractivity contribution in [3.05, 3.63) is 30.5 Å². The highest BCUT2D eigenvalue weighted by Gasteiger charge is 2.51. The van der Waals surface area contributed by atoms with Crippen molar-refractivity contribution < 1.29 is 19.1 Å². The summed E-state index contributed by atoms with van der Waals surface area (Å²) in [4.78, 5) is 38.9. The molecule has 1 aliphatic rings. The van der Waals surface area contributed by atoms with Crippen molar-refractivity contribution in [3.63, 3.8) is 0 Å². The zero-order valence-corrected chi connectivity index (χ0v) is 20.1. The average Bonchev–Trinajstić information content (AvgIpc) is 3.48. The molecule has 184 valence electrons. The summed E-state index contributed by atoms with van der Waals surface area (Å²) < 4.78 is 6.59. The Bertz CT molecular complexity index is 995. The van der Waals surface area contributed by atoms with Gasteiger partial charge < -0.3 is 20.7 Å². The number of aromatic nitrogens is 3. The molecule has 3 rings (SSSR count). The first-order valence-corrected chi connectivity index (χ1v) is 11.8. The molecule has 1 aliphatic carbocycles. The number of carbonyl (C=O) groups is 3. The molecule has 2 aromatic rings. The molecule has 10 nitrogen and oxygen atoms in total. The molecule has 1 atom stereocenters. The molecule has 0 radical (unpaired) electrons. The molecule has 1 aromatic carbocycles. The van der Waals surface area contributed by atoms with Gasteiger partial charge in [-0.1, -0.05) is 17.3 Å². The first kappa shape index (κ1) is 25.2. The number of benzene rings is 1. The molecule has 0 saturated heterocycles. The molecule has 34 heavy (non-hydrogen) atoms. The van der Waals surface area contributed by atoms with Gasteiger partial charge in [-0.25, -0.2) is 4.68 Å². The van der Waals surface area contributed by atoms with Gasteiger partial charge in [0, 0.05) is 37.3 Å². The third-order valence-corrected chi connectivity index (χ3v) is 6.25. The lowest BCUT2D eigenvalue weighted by atomic mass is 10.1.